The Bertz CT molecular complexity index is 726. The summed E-state index contributed by atoms with van der Waals surface area (Å²) in [4.78, 5) is 12.2. The zero-order valence-corrected chi connectivity index (χ0v) is 11.4. The Morgan fingerprint density at radius 1 is 1.14 bits per heavy atom. The highest BCUT2D eigenvalue weighted by molar-refractivity contribution is 6.05. The van der Waals surface area contributed by atoms with Gasteiger partial charge in [0.2, 0.25) is 0 Å². The van der Waals surface area contributed by atoms with Crippen LogP contribution in [-0.4, -0.2) is 12.5 Å². The first-order chi connectivity index (χ1) is 10.4. The SMILES string of the molecule is O=C(Nc1ccccc1C(F)(F)F)c1ccc2c(c1)CCO2. The highest BCUT2D eigenvalue weighted by Crippen LogP contribution is 2.35. The van der Waals surface area contributed by atoms with Crippen LogP contribution in [0, 0.1) is 0 Å². The quantitative estimate of drug-likeness (QED) is 0.914. The lowest BCUT2D eigenvalue weighted by atomic mass is 10.1. The summed E-state index contributed by atoms with van der Waals surface area (Å²) in [5.74, 6) is 0.138. The molecule has 1 heterocycles. The number of hydrogen-bond acceptors (Lipinski definition) is 2. The molecule has 1 amide bonds. The summed E-state index contributed by atoms with van der Waals surface area (Å²) in [6, 6.07) is 9.74. The van der Waals surface area contributed by atoms with Gasteiger partial charge in [0.05, 0.1) is 17.9 Å². The van der Waals surface area contributed by atoms with E-state index in [4.69, 9.17) is 4.74 Å². The van der Waals surface area contributed by atoms with Crippen LogP contribution in [0.25, 0.3) is 0 Å². The van der Waals surface area contributed by atoms with Crippen molar-refractivity contribution in [2.24, 2.45) is 0 Å². The maximum atomic E-state index is 12.9. The second-order valence-corrected chi connectivity index (χ2v) is 4.92. The van der Waals surface area contributed by atoms with Gasteiger partial charge in [-0.3, -0.25) is 4.79 Å². The molecule has 0 radical (unpaired) electrons. The minimum absolute atomic E-state index is 0.253. The van der Waals surface area contributed by atoms with Crippen molar-refractivity contribution in [2.75, 3.05) is 11.9 Å². The average molecular weight is 307 g/mol. The van der Waals surface area contributed by atoms with E-state index in [2.05, 4.69) is 5.32 Å². The predicted molar refractivity (Wildman–Crippen MR) is 75.0 cm³/mol. The third kappa shape index (κ3) is 2.77. The number of halogens is 3. The van der Waals surface area contributed by atoms with Crippen LogP contribution in [-0.2, 0) is 12.6 Å². The molecule has 0 saturated carbocycles. The van der Waals surface area contributed by atoms with Crippen LogP contribution in [0.4, 0.5) is 18.9 Å². The van der Waals surface area contributed by atoms with E-state index in [0.717, 1.165) is 11.6 Å². The van der Waals surface area contributed by atoms with Gasteiger partial charge in [0.1, 0.15) is 5.75 Å². The standard InChI is InChI=1S/C16H12F3NO2/c17-16(18,19)12-3-1-2-4-13(12)20-15(21)11-5-6-14-10(9-11)7-8-22-14/h1-6,9H,7-8H2,(H,20,21). The fourth-order valence-electron chi connectivity index (χ4n) is 2.36. The van der Waals surface area contributed by atoms with E-state index in [1.807, 2.05) is 0 Å². The number of benzene rings is 2. The van der Waals surface area contributed by atoms with Crippen molar-refractivity contribution in [3.8, 4) is 5.75 Å². The molecule has 0 saturated heterocycles. The number of carbonyl (C=O) groups excluding carboxylic acids is 1. The highest BCUT2D eigenvalue weighted by Gasteiger charge is 2.33. The normalized spacial score (nSPS) is 13.4. The smallest absolute Gasteiger partial charge is 0.418 e. The van der Waals surface area contributed by atoms with E-state index in [1.165, 1.54) is 24.3 Å². The Hall–Kier alpha value is -2.50. The number of hydrogen-bond donors (Lipinski definition) is 1. The zero-order chi connectivity index (χ0) is 15.7. The van der Waals surface area contributed by atoms with Gasteiger partial charge >= 0.3 is 6.18 Å². The average Bonchev–Trinajstić information content (AvgIpc) is 2.94. The number of anilines is 1. The van der Waals surface area contributed by atoms with Crippen LogP contribution in [0.15, 0.2) is 42.5 Å². The maximum Gasteiger partial charge on any atom is 0.418 e. The first-order valence-corrected chi connectivity index (χ1v) is 6.68. The van der Waals surface area contributed by atoms with Crippen molar-refractivity contribution in [3.63, 3.8) is 0 Å². The van der Waals surface area contributed by atoms with Gasteiger partial charge in [-0.1, -0.05) is 12.1 Å². The molecule has 114 valence electrons. The molecule has 3 rings (SSSR count). The van der Waals surface area contributed by atoms with E-state index in [9.17, 15) is 18.0 Å². The van der Waals surface area contributed by atoms with Crippen molar-refractivity contribution in [2.45, 2.75) is 12.6 Å². The van der Waals surface area contributed by atoms with Gasteiger partial charge in [-0.15, -0.1) is 0 Å². The molecule has 2 aromatic carbocycles. The van der Waals surface area contributed by atoms with Crippen molar-refractivity contribution in [1.82, 2.24) is 0 Å². The number of rotatable bonds is 2. The fraction of sp³-hybridized carbons (Fsp3) is 0.188. The fourth-order valence-corrected chi connectivity index (χ4v) is 2.36. The number of carbonyl (C=O) groups is 1. The summed E-state index contributed by atoms with van der Waals surface area (Å²) in [7, 11) is 0. The lowest BCUT2D eigenvalue weighted by Gasteiger charge is -2.13. The Labute approximate surface area is 124 Å². The van der Waals surface area contributed by atoms with Crippen molar-refractivity contribution in [1.29, 1.82) is 0 Å². The predicted octanol–water partition coefficient (Wildman–Crippen LogP) is 3.89. The highest BCUT2D eigenvalue weighted by atomic mass is 19.4. The van der Waals surface area contributed by atoms with Crippen LogP contribution in [0.2, 0.25) is 0 Å². The van der Waals surface area contributed by atoms with Crippen LogP contribution in [0.5, 0.6) is 5.75 Å². The molecular formula is C16H12F3NO2. The third-order valence-corrected chi connectivity index (χ3v) is 3.43. The molecule has 3 nitrogen and oxygen atoms in total. The number of ether oxygens (including phenoxy) is 1. The van der Waals surface area contributed by atoms with Crippen LogP contribution < -0.4 is 10.1 Å². The molecule has 0 spiro atoms. The maximum absolute atomic E-state index is 12.9. The molecule has 0 aromatic heterocycles. The van der Waals surface area contributed by atoms with Gasteiger partial charge < -0.3 is 10.1 Å². The monoisotopic (exact) mass is 307 g/mol. The molecule has 0 atom stereocenters. The Balaban J connectivity index is 1.86. The summed E-state index contributed by atoms with van der Waals surface area (Å²) in [5, 5.41) is 2.32. The summed E-state index contributed by atoms with van der Waals surface area (Å²) < 4.78 is 44.1. The van der Waals surface area contributed by atoms with E-state index in [-0.39, 0.29) is 5.69 Å². The molecule has 0 aliphatic carbocycles. The molecule has 1 N–H and O–H groups in total. The molecule has 22 heavy (non-hydrogen) atoms. The topological polar surface area (TPSA) is 38.3 Å². The second kappa shape index (κ2) is 5.36. The molecule has 0 unspecified atom stereocenters. The van der Waals surface area contributed by atoms with Crippen LogP contribution >= 0.6 is 0 Å². The van der Waals surface area contributed by atoms with Gasteiger partial charge in [0.15, 0.2) is 0 Å². The molecule has 2 aromatic rings. The van der Waals surface area contributed by atoms with Crippen LogP contribution in [0.3, 0.4) is 0 Å². The molecule has 1 aliphatic heterocycles. The Kier molecular flexibility index (Phi) is 3.52. The number of nitrogens with one attached hydrogen (secondary N) is 1. The number of alkyl halides is 3. The van der Waals surface area contributed by atoms with Gasteiger partial charge in [-0.2, -0.15) is 13.2 Å². The number of para-hydroxylation sites is 1. The van der Waals surface area contributed by atoms with Crippen molar-refractivity contribution < 1.29 is 22.7 Å². The summed E-state index contributed by atoms with van der Waals surface area (Å²) in [5.41, 5.74) is 0.0718. The van der Waals surface area contributed by atoms with Gasteiger partial charge in [0.25, 0.3) is 5.91 Å². The molecule has 0 bridgehead atoms. The summed E-state index contributed by atoms with van der Waals surface area (Å²) in [6.07, 6.45) is -3.83. The van der Waals surface area contributed by atoms with Crippen LogP contribution in [0.1, 0.15) is 21.5 Å². The lowest BCUT2D eigenvalue weighted by Crippen LogP contribution is -2.16. The van der Waals surface area contributed by atoms with Gasteiger partial charge in [0, 0.05) is 12.0 Å². The van der Waals surface area contributed by atoms with Gasteiger partial charge in [-0.25, -0.2) is 0 Å². The number of fused-ring (bicyclic) bond motifs is 1. The minimum Gasteiger partial charge on any atom is -0.493 e. The lowest BCUT2D eigenvalue weighted by molar-refractivity contribution is -0.136. The summed E-state index contributed by atoms with van der Waals surface area (Å²) in [6.45, 7) is 0.553. The molecule has 1 aliphatic rings. The Morgan fingerprint density at radius 3 is 2.68 bits per heavy atom. The van der Waals surface area contributed by atoms with Crippen molar-refractivity contribution >= 4 is 11.6 Å². The first-order valence-electron chi connectivity index (χ1n) is 6.68. The van der Waals surface area contributed by atoms with E-state index < -0.39 is 17.6 Å². The van der Waals surface area contributed by atoms with E-state index in [0.29, 0.717) is 24.3 Å². The summed E-state index contributed by atoms with van der Waals surface area (Å²) >= 11 is 0. The molecule has 6 heteroatoms. The van der Waals surface area contributed by atoms with E-state index >= 15 is 0 Å². The second-order valence-electron chi connectivity index (χ2n) is 4.92. The Morgan fingerprint density at radius 2 is 1.91 bits per heavy atom. The largest absolute Gasteiger partial charge is 0.493 e. The third-order valence-electron chi connectivity index (χ3n) is 3.43. The van der Waals surface area contributed by atoms with E-state index in [1.54, 1.807) is 12.1 Å². The minimum atomic E-state index is -4.52. The zero-order valence-electron chi connectivity index (χ0n) is 11.4. The molecule has 0 fully saturated rings. The van der Waals surface area contributed by atoms with Gasteiger partial charge in [-0.05, 0) is 35.9 Å². The van der Waals surface area contributed by atoms with Crippen molar-refractivity contribution in [3.05, 3.63) is 59.2 Å². The number of amides is 1. The molecular weight excluding hydrogens is 295 g/mol. The first kappa shape index (κ1) is 14.4.